The number of nitrogens with one attached hydrogen (secondary N) is 1. The Labute approximate surface area is 375 Å². The summed E-state index contributed by atoms with van der Waals surface area (Å²) in [5.74, 6) is 3.57. The smallest absolute Gasteiger partial charge is 0.334 e. The number of phenols is 1. The zero-order chi connectivity index (χ0) is 44.9. The molecule has 338 valence electrons. The Morgan fingerprint density at radius 2 is 1.70 bits per heavy atom. The third-order valence-electron chi connectivity index (χ3n) is 15.4. The van der Waals surface area contributed by atoms with Crippen molar-refractivity contribution >= 4 is 23.4 Å². The highest BCUT2D eigenvalue weighted by atomic mass is 16.6. The summed E-state index contributed by atoms with van der Waals surface area (Å²) in [4.78, 5) is 42.8. The molecule has 64 heavy (non-hydrogen) atoms. The molecular weight excluding hydrogens is 811 g/mol. The van der Waals surface area contributed by atoms with Crippen molar-refractivity contribution < 1.29 is 49.4 Å². The third kappa shape index (κ3) is 8.51. The van der Waals surface area contributed by atoms with E-state index in [1.807, 2.05) is 43.3 Å². The first-order valence-corrected chi connectivity index (χ1v) is 23.5. The first-order valence-electron chi connectivity index (χ1n) is 23.5. The fourth-order valence-electron chi connectivity index (χ4n) is 12.5. The number of aliphatic hydroxyl groups is 4. The number of anilines is 1. The van der Waals surface area contributed by atoms with Crippen molar-refractivity contribution in [2.45, 2.75) is 140 Å². The number of benzene rings is 3. The molecule has 0 amide bonds. The maximum Gasteiger partial charge on any atom is 0.334 e. The average molecular weight is 872 g/mol. The first kappa shape index (κ1) is 44.2. The molecule has 11 heteroatoms. The van der Waals surface area contributed by atoms with Crippen LogP contribution in [0.2, 0.25) is 0 Å². The van der Waals surface area contributed by atoms with Crippen molar-refractivity contribution in [3.8, 4) is 23.3 Å². The van der Waals surface area contributed by atoms with Crippen molar-refractivity contribution in [3.05, 3.63) is 99.1 Å². The molecule has 3 aromatic carbocycles. The summed E-state index contributed by atoms with van der Waals surface area (Å²) in [6.07, 6.45) is 4.57. The number of aliphatic hydroxyl groups excluding tert-OH is 3. The predicted octanol–water partition coefficient (Wildman–Crippen LogP) is 6.52. The van der Waals surface area contributed by atoms with E-state index in [4.69, 9.17) is 9.47 Å². The SMILES string of the molecule is CCc1c(O)c2cc3c1OC(=O)CC3C#CC(c1cc(CO)cc(NCC(C)O)c1)CC1=CC(O)Cc3cccc(c3)CC3C(=O)CCC4C3CC3CCCCC3C4(O)C(C2)OC1=O. The third-order valence-corrected chi connectivity index (χ3v) is 15.4. The van der Waals surface area contributed by atoms with Crippen LogP contribution in [-0.2, 0) is 51.4 Å². The summed E-state index contributed by atoms with van der Waals surface area (Å²) in [5.41, 5.74) is 3.78. The molecule has 3 heterocycles. The monoisotopic (exact) mass is 871 g/mol. The summed E-state index contributed by atoms with van der Waals surface area (Å²) < 4.78 is 12.7. The van der Waals surface area contributed by atoms with Gasteiger partial charge in [0, 0.05) is 60.0 Å². The quantitative estimate of drug-likeness (QED) is 0.0902. The number of rotatable bonds is 6. The van der Waals surface area contributed by atoms with Crippen molar-refractivity contribution in [3.63, 3.8) is 0 Å². The number of ketones is 1. The van der Waals surface area contributed by atoms with Crippen LogP contribution in [0.3, 0.4) is 0 Å². The van der Waals surface area contributed by atoms with Crippen LogP contribution in [0.25, 0.3) is 0 Å². The molecule has 6 N–H and O–H groups in total. The Balaban J connectivity index is 1.28. The van der Waals surface area contributed by atoms with Gasteiger partial charge in [0.05, 0.1) is 31.2 Å². The highest BCUT2D eigenvalue weighted by Gasteiger charge is 2.62. The molecule has 3 fully saturated rings. The molecule has 10 bridgehead atoms. The predicted molar refractivity (Wildman–Crippen MR) is 239 cm³/mol. The number of hydrogen-bond acceptors (Lipinski definition) is 11. The second-order valence-electron chi connectivity index (χ2n) is 19.5. The topological polar surface area (TPSA) is 183 Å². The standard InChI is InChI=1S/C53H61NO10/c1-3-41-50(60)37-24-42-34(26-49(59)64-51(41)42)12-11-33(36-16-32(28-55)17-39(21-36)54-27-29(2)56)20-38-22-40(57)18-30-7-6-8-31(15-30)19-44-43-23-35-9-4-5-10-45(35)53(62,46(43)13-14-47(44)58)48(25-37)63-52(38)61/h6-8,15-17,21-22,24,29,33-35,40,43-46,48,54-57,60,62H,3-5,9-10,13-14,18-20,23,25-28H2,1-2H3. The number of esters is 2. The fraction of sp³-hybridized carbons (Fsp3) is 0.528. The zero-order valence-corrected chi connectivity index (χ0v) is 36.9. The van der Waals surface area contributed by atoms with Crippen molar-refractivity contribution in [1.29, 1.82) is 0 Å². The molecule has 11 unspecified atom stereocenters. The van der Waals surface area contributed by atoms with Gasteiger partial charge in [0.1, 0.15) is 29.0 Å². The minimum Gasteiger partial charge on any atom is -0.507 e. The molecule has 11 atom stereocenters. The fourth-order valence-corrected chi connectivity index (χ4v) is 12.5. The highest BCUT2D eigenvalue weighted by molar-refractivity contribution is 5.89. The molecule has 11 nitrogen and oxygen atoms in total. The zero-order valence-electron chi connectivity index (χ0n) is 36.9. The maximum absolute atomic E-state index is 15.3. The Bertz CT molecular complexity index is 2410. The summed E-state index contributed by atoms with van der Waals surface area (Å²) in [6, 6.07) is 15.2. The number of carbonyl (C=O) groups is 3. The Morgan fingerprint density at radius 1 is 0.922 bits per heavy atom. The van der Waals surface area contributed by atoms with Gasteiger partial charge in [-0.1, -0.05) is 68.4 Å². The molecule has 3 aliphatic heterocycles. The normalized spacial score (nSPS) is 31.7. The number of fused-ring (bicyclic) bond motifs is 9. The number of phenolic OH excluding ortho intramolecular Hbond substituents is 1. The van der Waals surface area contributed by atoms with Gasteiger partial charge in [-0.2, -0.15) is 0 Å². The molecule has 3 aromatic rings. The van der Waals surface area contributed by atoms with Gasteiger partial charge in [-0.25, -0.2) is 4.79 Å². The number of Topliss-reactive ketones (excluding diaryl/α,β-unsaturated/α-hetero) is 1. The Morgan fingerprint density at radius 3 is 2.48 bits per heavy atom. The van der Waals surface area contributed by atoms with Gasteiger partial charge in [-0.3, -0.25) is 9.59 Å². The van der Waals surface area contributed by atoms with Crippen LogP contribution in [0, 0.1) is 41.4 Å². The van der Waals surface area contributed by atoms with Gasteiger partial charge in [0.15, 0.2) is 0 Å². The van der Waals surface area contributed by atoms with Crippen LogP contribution in [0.1, 0.15) is 122 Å². The van der Waals surface area contributed by atoms with Crippen molar-refractivity contribution in [2.24, 2.45) is 29.6 Å². The molecule has 0 aromatic heterocycles. The van der Waals surface area contributed by atoms with Gasteiger partial charge in [0.25, 0.3) is 0 Å². The van der Waals surface area contributed by atoms with Crippen LogP contribution in [-0.4, -0.2) is 73.7 Å². The van der Waals surface area contributed by atoms with Gasteiger partial charge in [-0.05, 0) is 121 Å². The molecule has 0 spiro atoms. The Kier molecular flexibility index (Phi) is 12.5. The van der Waals surface area contributed by atoms with E-state index < -0.39 is 47.7 Å². The van der Waals surface area contributed by atoms with Crippen LogP contribution in [0.4, 0.5) is 5.69 Å². The lowest BCUT2D eigenvalue weighted by atomic mass is 9.48. The van der Waals surface area contributed by atoms with Crippen LogP contribution < -0.4 is 10.1 Å². The van der Waals surface area contributed by atoms with E-state index in [0.29, 0.717) is 59.2 Å². The Hall–Kier alpha value is -4.99. The molecule has 9 rings (SSSR count). The number of aromatic hydroxyl groups is 1. The van der Waals surface area contributed by atoms with Crippen molar-refractivity contribution in [2.75, 3.05) is 11.9 Å². The van der Waals surface area contributed by atoms with E-state index >= 15 is 4.79 Å². The molecule has 3 aliphatic carbocycles. The summed E-state index contributed by atoms with van der Waals surface area (Å²) in [7, 11) is 0. The van der Waals surface area contributed by atoms with Gasteiger partial charge in [0.2, 0.25) is 0 Å². The summed E-state index contributed by atoms with van der Waals surface area (Å²) in [6.45, 7) is 3.50. The summed E-state index contributed by atoms with van der Waals surface area (Å²) in [5, 5.41) is 61.8. The molecule has 6 aliphatic rings. The number of carbonyl (C=O) groups excluding carboxylic acids is 3. The van der Waals surface area contributed by atoms with E-state index in [2.05, 4.69) is 17.2 Å². The maximum atomic E-state index is 15.3. The lowest BCUT2D eigenvalue weighted by Gasteiger charge is -2.59. The van der Waals surface area contributed by atoms with Crippen LogP contribution in [0.15, 0.2) is 60.2 Å². The largest absolute Gasteiger partial charge is 0.507 e. The highest BCUT2D eigenvalue weighted by Crippen LogP contribution is 2.59. The van der Waals surface area contributed by atoms with Crippen LogP contribution >= 0.6 is 0 Å². The number of hydrogen-bond donors (Lipinski definition) is 6. The minimum atomic E-state index is -1.58. The molecule has 0 radical (unpaired) electrons. The van der Waals surface area contributed by atoms with E-state index in [0.717, 1.165) is 43.2 Å². The van der Waals surface area contributed by atoms with Gasteiger partial charge >= 0.3 is 11.9 Å². The first-order chi connectivity index (χ1) is 30.8. The molecular formula is C53H61NO10. The van der Waals surface area contributed by atoms with Gasteiger partial charge in [-0.15, -0.1) is 0 Å². The molecule has 3 saturated carbocycles. The second kappa shape index (κ2) is 18.1. The van der Waals surface area contributed by atoms with E-state index in [9.17, 15) is 35.1 Å². The second-order valence-corrected chi connectivity index (χ2v) is 19.5. The van der Waals surface area contributed by atoms with E-state index in [-0.39, 0.29) is 91.3 Å². The van der Waals surface area contributed by atoms with Crippen LogP contribution in [0.5, 0.6) is 11.5 Å². The van der Waals surface area contributed by atoms with E-state index in [1.54, 1.807) is 19.1 Å². The lowest BCUT2D eigenvalue weighted by molar-refractivity contribution is -0.228. The lowest BCUT2D eigenvalue weighted by Crippen LogP contribution is -2.65. The minimum absolute atomic E-state index is 0.0272. The average Bonchev–Trinajstić information content (AvgIpc) is 3.28. The van der Waals surface area contributed by atoms with E-state index in [1.165, 1.54) is 6.08 Å². The summed E-state index contributed by atoms with van der Waals surface area (Å²) >= 11 is 0. The van der Waals surface area contributed by atoms with Crippen molar-refractivity contribution in [1.82, 2.24) is 0 Å². The molecule has 0 saturated heterocycles. The van der Waals surface area contributed by atoms with Gasteiger partial charge < -0.3 is 40.3 Å². The number of ether oxygens (including phenoxy) is 2.